The molecule has 0 unspecified atom stereocenters. The Morgan fingerprint density at radius 2 is 1.70 bits per heavy atom. The maximum atomic E-state index is 14.0. The molecule has 1 saturated heterocycles. The van der Waals surface area contributed by atoms with Crippen LogP contribution in [-0.4, -0.2) is 68.7 Å². The molecule has 17 heteroatoms. The van der Waals surface area contributed by atoms with Gasteiger partial charge in [0.05, 0.1) is 15.3 Å². The van der Waals surface area contributed by atoms with Crippen molar-refractivity contribution in [3.8, 4) is 0 Å². The minimum absolute atomic E-state index is 0.00748. The first-order chi connectivity index (χ1) is 21.6. The molecule has 2 aliphatic rings. The van der Waals surface area contributed by atoms with Gasteiger partial charge in [-0.25, -0.2) is 17.8 Å². The number of anilines is 2. The minimum Gasteiger partial charge on any atom is -0.444 e. The van der Waals surface area contributed by atoms with Gasteiger partial charge in [-0.05, 0) is 77.1 Å². The maximum absolute atomic E-state index is 14.0. The molecule has 2 fully saturated rings. The van der Waals surface area contributed by atoms with Crippen molar-refractivity contribution in [2.75, 3.05) is 29.6 Å². The fraction of sp³-hybridized carbons (Fsp3) is 0.567. The first kappa shape index (κ1) is 36.0. The smallest absolute Gasteiger partial charge is 0.435 e. The number of ether oxygens (including phenoxy) is 1. The molecule has 258 valence electrons. The third-order valence-corrected chi connectivity index (χ3v) is 9.50. The molecule has 1 saturated carbocycles. The summed E-state index contributed by atoms with van der Waals surface area (Å²) in [7, 11) is -3.46. The van der Waals surface area contributed by atoms with Crippen LogP contribution in [0.5, 0.6) is 0 Å². The first-order valence-electron chi connectivity index (χ1n) is 14.9. The third kappa shape index (κ3) is 8.53. The Kier molecular flexibility index (Phi) is 9.91. The van der Waals surface area contributed by atoms with Crippen LogP contribution in [0.2, 0.25) is 0 Å². The Morgan fingerprint density at radius 3 is 2.30 bits per heavy atom. The SMILES string of the molecule is Cc1c(C(F)(F)F)nnc(N2CCCC(F)(F)CC2)c1C(=O)Nc1cccc([S@@](C)(=O)=NC(=O)C2(NC(=O)OC(C)(C)C)CCC2)c1. The molecule has 2 N–H and O–H groups in total. The predicted octanol–water partition coefficient (Wildman–Crippen LogP) is 6.11. The highest BCUT2D eigenvalue weighted by atomic mass is 32.2. The Bertz CT molecular complexity index is 1680. The lowest BCUT2D eigenvalue weighted by Crippen LogP contribution is -2.59. The van der Waals surface area contributed by atoms with Gasteiger partial charge in [-0.2, -0.15) is 17.5 Å². The number of hydrogen-bond donors (Lipinski definition) is 2. The van der Waals surface area contributed by atoms with E-state index in [0.29, 0.717) is 6.42 Å². The molecule has 4 rings (SSSR count). The second-order valence-electron chi connectivity index (χ2n) is 12.8. The summed E-state index contributed by atoms with van der Waals surface area (Å²) in [6, 6.07) is 5.44. The predicted molar refractivity (Wildman–Crippen MR) is 163 cm³/mol. The number of carbonyl (C=O) groups is 3. The topological polar surface area (TPSA) is 143 Å². The van der Waals surface area contributed by atoms with Crippen LogP contribution in [-0.2, 0) is 25.4 Å². The fourth-order valence-electron chi connectivity index (χ4n) is 5.27. The van der Waals surface area contributed by atoms with E-state index < -0.39 is 80.5 Å². The summed E-state index contributed by atoms with van der Waals surface area (Å²) < 4.78 is 92.3. The van der Waals surface area contributed by atoms with Crippen molar-refractivity contribution in [1.29, 1.82) is 0 Å². The molecule has 47 heavy (non-hydrogen) atoms. The summed E-state index contributed by atoms with van der Waals surface area (Å²) >= 11 is 0. The number of alkyl halides is 5. The summed E-state index contributed by atoms with van der Waals surface area (Å²) in [5.74, 6) is -5.10. The molecular weight excluding hydrogens is 651 g/mol. The van der Waals surface area contributed by atoms with Crippen LogP contribution >= 0.6 is 0 Å². The van der Waals surface area contributed by atoms with E-state index in [1.807, 2.05) is 0 Å². The molecule has 11 nitrogen and oxygen atoms in total. The number of amides is 3. The molecule has 1 aliphatic carbocycles. The van der Waals surface area contributed by atoms with E-state index in [-0.39, 0.29) is 48.8 Å². The average Bonchev–Trinajstić information content (AvgIpc) is 3.08. The van der Waals surface area contributed by atoms with Crippen molar-refractivity contribution in [3.63, 3.8) is 0 Å². The van der Waals surface area contributed by atoms with Crippen LogP contribution < -0.4 is 15.5 Å². The molecule has 1 atom stereocenters. The van der Waals surface area contributed by atoms with Crippen molar-refractivity contribution in [1.82, 2.24) is 15.5 Å². The molecule has 3 amide bonds. The van der Waals surface area contributed by atoms with Crippen molar-refractivity contribution in [3.05, 3.63) is 41.1 Å². The van der Waals surface area contributed by atoms with Crippen molar-refractivity contribution < 1.29 is 45.3 Å². The van der Waals surface area contributed by atoms with Gasteiger partial charge in [0.25, 0.3) is 11.8 Å². The third-order valence-electron chi connectivity index (χ3n) is 7.85. The lowest BCUT2D eigenvalue weighted by atomic mass is 9.76. The van der Waals surface area contributed by atoms with Crippen molar-refractivity contribution in [2.24, 2.45) is 4.36 Å². The summed E-state index contributed by atoms with van der Waals surface area (Å²) in [4.78, 5) is 40.6. The number of carbonyl (C=O) groups excluding carboxylic acids is 3. The highest BCUT2D eigenvalue weighted by Crippen LogP contribution is 2.37. The van der Waals surface area contributed by atoms with Gasteiger partial charge in [-0.3, -0.25) is 9.59 Å². The highest BCUT2D eigenvalue weighted by molar-refractivity contribution is 7.93. The monoisotopic (exact) mass is 688 g/mol. The Morgan fingerprint density at radius 1 is 1.02 bits per heavy atom. The fourth-order valence-corrected chi connectivity index (χ4v) is 6.54. The number of hydrogen-bond acceptors (Lipinski definition) is 8. The lowest BCUT2D eigenvalue weighted by Gasteiger charge is -2.39. The molecule has 2 aromatic rings. The molecular formula is C30H37F5N6O5S. The average molecular weight is 689 g/mol. The Balaban J connectivity index is 1.63. The van der Waals surface area contributed by atoms with E-state index in [0.717, 1.165) is 6.92 Å². The zero-order chi connectivity index (χ0) is 35.0. The number of halogens is 5. The van der Waals surface area contributed by atoms with Gasteiger partial charge < -0.3 is 20.3 Å². The van der Waals surface area contributed by atoms with Crippen LogP contribution in [0, 0.1) is 6.92 Å². The van der Waals surface area contributed by atoms with Gasteiger partial charge in [-0.15, -0.1) is 10.2 Å². The second-order valence-corrected chi connectivity index (χ2v) is 15.1. The van der Waals surface area contributed by atoms with E-state index in [1.165, 1.54) is 35.4 Å². The number of alkyl carbamates (subject to hydrolysis) is 1. The van der Waals surface area contributed by atoms with Crippen LogP contribution in [0.15, 0.2) is 33.5 Å². The molecule has 1 aliphatic heterocycles. The zero-order valence-corrected chi connectivity index (χ0v) is 27.4. The van der Waals surface area contributed by atoms with Gasteiger partial charge in [0, 0.05) is 42.8 Å². The molecule has 0 bridgehead atoms. The van der Waals surface area contributed by atoms with Crippen LogP contribution in [0.25, 0.3) is 0 Å². The molecule has 2 heterocycles. The van der Waals surface area contributed by atoms with E-state index in [9.17, 15) is 40.5 Å². The maximum Gasteiger partial charge on any atom is 0.435 e. The first-order valence-corrected chi connectivity index (χ1v) is 16.8. The van der Waals surface area contributed by atoms with E-state index in [1.54, 1.807) is 20.8 Å². The van der Waals surface area contributed by atoms with Gasteiger partial charge >= 0.3 is 12.3 Å². The van der Waals surface area contributed by atoms with Gasteiger partial charge in [0.15, 0.2) is 11.5 Å². The number of benzene rings is 1. The van der Waals surface area contributed by atoms with Crippen LogP contribution in [0.1, 0.15) is 80.9 Å². The van der Waals surface area contributed by atoms with Gasteiger partial charge in [0.2, 0.25) is 5.92 Å². The summed E-state index contributed by atoms with van der Waals surface area (Å²) in [5, 5.41) is 12.0. The standard InChI is InChI=1S/C30H37F5N6O5S/c1-18-21(23(39-38-22(18)30(33,34)35)41-15-8-13-29(31,32)14-16-41)24(42)36-19-9-6-10-20(17-19)47(5,45)40-25(43)28(11-7-12-28)37-26(44)46-27(2,3)4/h6,9-10,17H,7-8,11-16H2,1-5H3,(H,36,42)(H,37,44)/t47-/m1/s1. The van der Waals surface area contributed by atoms with Crippen molar-refractivity contribution in [2.45, 2.75) is 94.4 Å². The summed E-state index contributed by atoms with van der Waals surface area (Å²) in [6.07, 6.45) is -4.43. The number of nitrogens with one attached hydrogen (secondary N) is 2. The van der Waals surface area contributed by atoms with E-state index >= 15 is 0 Å². The minimum atomic E-state index is -4.95. The molecule has 1 aromatic heterocycles. The van der Waals surface area contributed by atoms with Crippen molar-refractivity contribution >= 4 is 39.1 Å². The van der Waals surface area contributed by atoms with Crippen LogP contribution in [0.4, 0.5) is 38.3 Å². The van der Waals surface area contributed by atoms with E-state index in [2.05, 4.69) is 25.2 Å². The number of nitrogens with zero attached hydrogens (tertiary/aromatic N) is 4. The van der Waals surface area contributed by atoms with Gasteiger partial charge in [0.1, 0.15) is 11.1 Å². The molecule has 1 aromatic carbocycles. The zero-order valence-electron chi connectivity index (χ0n) is 26.6. The largest absolute Gasteiger partial charge is 0.444 e. The van der Waals surface area contributed by atoms with E-state index in [4.69, 9.17) is 4.74 Å². The molecule has 0 radical (unpaired) electrons. The summed E-state index contributed by atoms with van der Waals surface area (Å²) in [5.41, 5.74) is -4.65. The van der Waals surface area contributed by atoms with Gasteiger partial charge in [-0.1, -0.05) is 6.07 Å². The second kappa shape index (κ2) is 13.0. The van der Waals surface area contributed by atoms with Crippen LogP contribution in [0.3, 0.4) is 0 Å². The lowest BCUT2D eigenvalue weighted by molar-refractivity contribution is -0.142. The number of rotatable bonds is 6. The normalized spacial score (nSPS) is 19.0. The Hall–Kier alpha value is -3.89. The highest BCUT2D eigenvalue weighted by Gasteiger charge is 2.47. The number of aromatic nitrogens is 2. The quantitative estimate of drug-likeness (QED) is 0.346. The molecule has 0 spiro atoms. The Labute approximate surface area is 269 Å². The summed E-state index contributed by atoms with van der Waals surface area (Å²) in [6.45, 7) is 5.78.